The minimum atomic E-state index is -0.995. The van der Waals surface area contributed by atoms with Crippen molar-refractivity contribution in [3.8, 4) is 11.3 Å². The molecule has 1 fully saturated rings. The van der Waals surface area contributed by atoms with E-state index in [0.717, 1.165) is 23.9 Å². The lowest BCUT2D eigenvalue weighted by molar-refractivity contribution is 0.0932. The van der Waals surface area contributed by atoms with Gasteiger partial charge in [0.15, 0.2) is 5.82 Å². The molecule has 2 aromatic heterocycles. The first-order valence-corrected chi connectivity index (χ1v) is 11.0. The maximum absolute atomic E-state index is 15.2. The fourth-order valence-corrected chi connectivity index (χ4v) is 5.74. The Morgan fingerprint density at radius 1 is 1.15 bits per heavy atom. The lowest BCUT2D eigenvalue weighted by Crippen LogP contribution is -2.40. The number of aromatic nitrogens is 4. The molecule has 2 atom stereocenters. The van der Waals surface area contributed by atoms with Crippen LogP contribution < -0.4 is 5.32 Å². The Morgan fingerprint density at radius 3 is 2.59 bits per heavy atom. The van der Waals surface area contributed by atoms with E-state index >= 15 is 4.39 Å². The molecule has 0 spiro atoms. The van der Waals surface area contributed by atoms with Gasteiger partial charge in [-0.25, -0.2) is 23.1 Å². The highest BCUT2D eigenvalue weighted by Gasteiger charge is 2.66. The normalized spacial score (nSPS) is 22.0. The van der Waals surface area contributed by atoms with Gasteiger partial charge in [-0.05, 0) is 47.9 Å². The van der Waals surface area contributed by atoms with Crippen molar-refractivity contribution < 1.29 is 23.1 Å². The molecule has 7 nitrogen and oxygen atoms in total. The summed E-state index contributed by atoms with van der Waals surface area (Å²) in [4.78, 5) is 20.5. The summed E-state index contributed by atoms with van der Waals surface area (Å²) in [6.07, 6.45) is 2.16. The highest BCUT2D eigenvalue weighted by atomic mass is 19.1. The Labute approximate surface area is 193 Å². The largest absolute Gasteiger partial charge is 0.395 e. The third-order valence-electron chi connectivity index (χ3n) is 7.35. The Balaban J connectivity index is 1.67. The Hall–Kier alpha value is -3.40. The molecule has 10 heteroatoms. The topological polar surface area (TPSA) is 101 Å². The van der Waals surface area contributed by atoms with Crippen molar-refractivity contribution in [3.63, 3.8) is 0 Å². The fraction of sp³-hybridized carbons (Fsp3) is 0.375. The number of fused-ring (bicyclic) bond motifs is 5. The van der Waals surface area contributed by atoms with Gasteiger partial charge in [0.2, 0.25) is 5.82 Å². The quantitative estimate of drug-likeness (QED) is 0.595. The molecule has 2 bridgehead atoms. The van der Waals surface area contributed by atoms with Crippen molar-refractivity contribution >= 4 is 5.91 Å². The van der Waals surface area contributed by atoms with Crippen LogP contribution in [0.4, 0.5) is 13.2 Å². The molecule has 0 saturated heterocycles. The van der Waals surface area contributed by atoms with Crippen molar-refractivity contribution in [2.45, 2.75) is 38.0 Å². The van der Waals surface area contributed by atoms with Gasteiger partial charge in [0.25, 0.3) is 5.91 Å². The monoisotopic (exact) mass is 469 g/mol. The number of rotatable bonds is 5. The molecule has 2 N–H and O–H groups in total. The molecule has 34 heavy (non-hydrogen) atoms. The Morgan fingerprint density at radius 2 is 1.88 bits per heavy atom. The van der Waals surface area contributed by atoms with E-state index < -0.39 is 34.2 Å². The van der Waals surface area contributed by atoms with Gasteiger partial charge in [0.05, 0.1) is 40.9 Å². The number of aliphatic hydroxyl groups is 1. The van der Waals surface area contributed by atoms with E-state index in [1.807, 2.05) is 13.8 Å². The summed E-state index contributed by atoms with van der Waals surface area (Å²) in [7, 11) is 0. The van der Waals surface area contributed by atoms with Crippen molar-refractivity contribution in [2.75, 3.05) is 13.2 Å². The van der Waals surface area contributed by atoms with E-state index in [1.54, 1.807) is 6.07 Å². The van der Waals surface area contributed by atoms with Crippen LogP contribution in [0.3, 0.4) is 0 Å². The molecule has 0 radical (unpaired) electrons. The SMILES string of the molecule is CC1(C)[C@H]2CC[C@]1(c1nc(C(=O)NCCO)ncc1F)c1nnc(-c3c(F)cccc3F)cc12. The first kappa shape index (κ1) is 22.4. The van der Waals surface area contributed by atoms with Crippen LogP contribution in [0.5, 0.6) is 0 Å². The van der Waals surface area contributed by atoms with Crippen LogP contribution in [0, 0.1) is 22.9 Å². The van der Waals surface area contributed by atoms with Crippen LogP contribution in [0.15, 0.2) is 30.5 Å². The van der Waals surface area contributed by atoms with Crippen molar-refractivity contribution in [2.24, 2.45) is 5.41 Å². The van der Waals surface area contributed by atoms with Crippen molar-refractivity contribution in [1.82, 2.24) is 25.5 Å². The van der Waals surface area contributed by atoms with Gasteiger partial charge < -0.3 is 10.4 Å². The smallest absolute Gasteiger partial charge is 0.289 e. The van der Waals surface area contributed by atoms with Gasteiger partial charge in [-0.2, -0.15) is 5.10 Å². The van der Waals surface area contributed by atoms with Crippen molar-refractivity contribution in [1.29, 1.82) is 0 Å². The number of nitrogens with zero attached hydrogens (tertiary/aromatic N) is 4. The Bertz CT molecular complexity index is 1300. The maximum atomic E-state index is 15.2. The Kier molecular flexibility index (Phi) is 5.16. The average Bonchev–Trinajstić information content (AvgIpc) is 3.18. The van der Waals surface area contributed by atoms with E-state index in [2.05, 4.69) is 25.5 Å². The summed E-state index contributed by atoms with van der Waals surface area (Å²) >= 11 is 0. The number of aliphatic hydroxyl groups excluding tert-OH is 1. The number of nitrogens with one attached hydrogen (secondary N) is 1. The lowest BCUT2D eigenvalue weighted by Gasteiger charge is -2.37. The summed E-state index contributed by atoms with van der Waals surface area (Å²) in [5.74, 6) is -3.09. The van der Waals surface area contributed by atoms with E-state index in [1.165, 1.54) is 6.07 Å². The molecule has 1 saturated carbocycles. The predicted octanol–water partition coefficient (Wildman–Crippen LogP) is 3.28. The standard InChI is InChI=1S/C24H22F3N5O2/c1-23(2)13-6-7-24(23,20-16(27)11-29-21(30-20)22(34)28-8-9-33)19-12(13)10-17(31-32-19)18-14(25)4-3-5-15(18)26/h3-5,10-11,13,33H,6-9H2,1-2H3,(H,28,34)/t13-,24+/m0/s1. The first-order valence-electron chi connectivity index (χ1n) is 11.0. The molecular weight excluding hydrogens is 447 g/mol. The molecule has 5 rings (SSSR count). The molecular formula is C24H22F3N5O2. The van der Waals surface area contributed by atoms with E-state index in [-0.39, 0.29) is 41.8 Å². The molecule has 1 aromatic carbocycles. The average molecular weight is 469 g/mol. The third kappa shape index (κ3) is 2.97. The summed E-state index contributed by atoms with van der Waals surface area (Å²) in [6, 6.07) is 5.22. The van der Waals surface area contributed by atoms with E-state index in [9.17, 15) is 13.6 Å². The van der Waals surface area contributed by atoms with Gasteiger partial charge in [0, 0.05) is 6.54 Å². The highest BCUT2D eigenvalue weighted by molar-refractivity contribution is 5.90. The number of amides is 1. The zero-order valence-electron chi connectivity index (χ0n) is 18.6. The number of carbonyl (C=O) groups is 1. The van der Waals surface area contributed by atoms with Crippen LogP contribution in [-0.4, -0.2) is 44.3 Å². The molecule has 2 heterocycles. The number of hydrogen-bond donors (Lipinski definition) is 2. The van der Waals surface area contributed by atoms with Gasteiger partial charge in [-0.1, -0.05) is 19.9 Å². The molecule has 3 aromatic rings. The van der Waals surface area contributed by atoms with Crippen LogP contribution >= 0.6 is 0 Å². The van der Waals surface area contributed by atoms with E-state index in [0.29, 0.717) is 18.5 Å². The molecule has 1 amide bonds. The van der Waals surface area contributed by atoms with Crippen LogP contribution in [0.25, 0.3) is 11.3 Å². The van der Waals surface area contributed by atoms with Crippen LogP contribution in [0.1, 0.15) is 60.2 Å². The van der Waals surface area contributed by atoms with Crippen LogP contribution in [0.2, 0.25) is 0 Å². The summed E-state index contributed by atoms with van der Waals surface area (Å²) in [5.41, 5.74) is -0.470. The third-order valence-corrected chi connectivity index (χ3v) is 7.35. The first-order chi connectivity index (χ1) is 16.2. The second kappa shape index (κ2) is 7.83. The molecule has 176 valence electrons. The zero-order chi connectivity index (χ0) is 24.3. The fourth-order valence-electron chi connectivity index (χ4n) is 5.74. The number of benzene rings is 1. The zero-order valence-corrected chi connectivity index (χ0v) is 18.6. The number of halogens is 3. The molecule has 0 unspecified atom stereocenters. The van der Waals surface area contributed by atoms with Gasteiger partial charge in [0.1, 0.15) is 11.6 Å². The highest BCUT2D eigenvalue weighted by Crippen LogP contribution is 2.69. The van der Waals surface area contributed by atoms with Crippen LogP contribution in [-0.2, 0) is 5.41 Å². The van der Waals surface area contributed by atoms with Gasteiger partial charge in [-0.15, -0.1) is 5.10 Å². The second-order valence-electron chi connectivity index (χ2n) is 9.22. The number of carbonyl (C=O) groups excluding carboxylic acids is 1. The van der Waals surface area contributed by atoms with Crippen molar-refractivity contribution in [3.05, 3.63) is 70.7 Å². The molecule has 2 aliphatic rings. The summed E-state index contributed by atoms with van der Waals surface area (Å²) in [6.45, 7) is 3.70. The predicted molar refractivity (Wildman–Crippen MR) is 115 cm³/mol. The van der Waals surface area contributed by atoms with Gasteiger partial charge >= 0.3 is 0 Å². The molecule has 2 aliphatic carbocycles. The van der Waals surface area contributed by atoms with Gasteiger partial charge in [-0.3, -0.25) is 4.79 Å². The minimum Gasteiger partial charge on any atom is -0.395 e. The number of hydrogen-bond acceptors (Lipinski definition) is 6. The maximum Gasteiger partial charge on any atom is 0.289 e. The lowest BCUT2D eigenvalue weighted by atomic mass is 9.66. The summed E-state index contributed by atoms with van der Waals surface area (Å²) in [5, 5.41) is 19.9. The second-order valence-corrected chi connectivity index (χ2v) is 9.22. The minimum absolute atomic E-state index is 0.0112. The molecule has 0 aliphatic heterocycles. The van der Waals surface area contributed by atoms with E-state index in [4.69, 9.17) is 5.11 Å². The summed E-state index contributed by atoms with van der Waals surface area (Å²) < 4.78 is 44.0.